The van der Waals surface area contributed by atoms with E-state index in [4.69, 9.17) is 4.74 Å². The lowest BCUT2D eigenvalue weighted by Gasteiger charge is -2.35. The Morgan fingerprint density at radius 3 is 2.68 bits per heavy atom. The fourth-order valence-electron chi connectivity index (χ4n) is 3.08. The van der Waals surface area contributed by atoms with Crippen LogP contribution in [0.2, 0.25) is 0 Å². The third-order valence-corrected chi connectivity index (χ3v) is 6.29. The Bertz CT molecular complexity index is 973. The number of ether oxygens (including phenoxy) is 1. The molecule has 0 spiro atoms. The Kier molecular flexibility index (Phi) is 6.94. The van der Waals surface area contributed by atoms with Crippen molar-refractivity contribution in [1.29, 1.82) is 0 Å². The highest BCUT2D eigenvalue weighted by Gasteiger charge is 2.35. The Morgan fingerprint density at radius 2 is 2.04 bits per heavy atom. The van der Waals surface area contributed by atoms with Gasteiger partial charge in [-0.15, -0.1) is 12.4 Å². The van der Waals surface area contributed by atoms with Gasteiger partial charge >= 0.3 is 5.69 Å². The molecule has 1 saturated heterocycles. The van der Waals surface area contributed by atoms with E-state index in [1.54, 1.807) is 6.07 Å². The maximum absolute atomic E-state index is 13.6. The summed E-state index contributed by atoms with van der Waals surface area (Å²) < 4.78 is 46.2. The van der Waals surface area contributed by atoms with Gasteiger partial charge in [0, 0.05) is 31.8 Å². The van der Waals surface area contributed by atoms with E-state index < -0.39 is 26.8 Å². The van der Waals surface area contributed by atoms with Gasteiger partial charge in [-0.3, -0.25) is 10.1 Å². The van der Waals surface area contributed by atoms with Crippen LogP contribution < -0.4 is 10.1 Å². The molecule has 1 N–H and O–H groups in total. The van der Waals surface area contributed by atoms with Gasteiger partial charge in [0.25, 0.3) is 0 Å². The van der Waals surface area contributed by atoms with E-state index in [1.165, 1.54) is 35.7 Å². The van der Waals surface area contributed by atoms with Gasteiger partial charge in [-0.25, -0.2) is 12.8 Å². The number of halogens is 2. The molecule has 0 aliphatic carbocycles. The van der Waals surface area contributed by atoms with Crippen molar-refractivity contribution in [2.45, 2.75) is 10.9 Å². The maximum Gasteiger partial charge on any atom is 0.310 e. The fraction of sp³-hybridized carbons (Fsp3) is 0.294. The van der Waals surface area contributed by atoms with E-state index >= 15 is 0 Å². The van der Waals surface area contributed by atoms with Crippen molar-refractivity contribution in [1.82, 2.24) is 9.62 Å². The molecule has 1 atom stereocenters. The van der Waals surface area contributed by atoms with Gasteiger partial charge in [0.15, 0.2) is 5.75 Å². The molecule has 11 heteroatoms. The monoisotopic (exact) mass is 431 g/mol. The van der Waals surface area contributed by atoms with Crippen molar-refractivity contribution in [3.63, 3.8) is 0 Å². The van der Waals surface area contributed by atoms with Crippen LogP contribution in [0.25, 0.3) is 0 Å². The normalized spacial score (nSPS) is 17.6. The van der Waals surface area contributed by atoms with Crippen LogP contribution in [0.15, 0.2) is 47.4 Å². The number of nitro benzene ring substituents is 1. The SMILES string of the molecule is COc1cc(S(=O)(=O)N2CCNCC2c2cccc(F)c2)ccc1[N+](=O)[O-].Cl. The molecule has 1 aliphatic heterocycles. The highest BCUT2D eigenvalue weighted by molar-refractivity contribution is 7.89. The van der Waals surface area contributed by atoms with Crippen molar-refractivity contribution in [3.05, 3.63) is 64.0 Å². The van der Waals surface area contributed by atoms with E-state index in [0.29, 0.717) is 18.7 Å². The van der Waals surface area contributed by atoms with E-state index in [2.05, 4.69) is 5.32 Å². The van der Waals surface area contributed by atoms with Crippen LogP contribution in [-0.4, -0.2) is 44.4 Å². The number of hydrogen-bond acceptors (Lipinski definition) is 6. The van der Waals surface area contributed by atoms with E-state index in [1.807, 2.05) is 0 Å². The molecule has 2 aromatic carbocycles. The molecule has 0 radical (unpaired) electrons. The second-order valence-corrected chi connectivity index (χ2v) is 7.87. The standard InChI is InChI=1S/C17H18FN3O5S.ClH/c1-26-17-10-14(5-6-15(17)21(22)23)27(24,25)20-8-7-19-11-16(20)12-3-2-4-13(18)9-12;/h2-6,9-10,16,19H,7-8,11H2,1H3;1H. The number of nitrogens with zero attached hydrogens (tertiary/aromatic N) is 2. The quantitative estimate of drug-likeness (QED) is 0.576. The third kappa shape index (κ3) is 4.25. The van der Waals surface area contributed by atoms with Crippen molar-refractivity contribution < 1.29 is 22.5 Å². The van der Waals surface area contributed by atoms with E-state index in [9.17, 15) is 22.9 Å². The van der Waals surface area contributed by atoms with Gasteiger partial charge in [0.2, 0.25) is 10.0 Å². The summed E-state index contributed by atoms with van der Waals surface area (Å²) in [5, 5.41) is 14.1. The summed E-state index contributed by atoms with van der Waals surface area (Å²) in [4.78, 5) is 10.3. The molecule has 2 aromatic rings. The average molecular weight is 432 g/mol. The predicted molar refractivity (Wildman–Crippen MR) is 103 cm³/mol. The Labute approximate surface area is 167 Å². The second kappa shape index (κ2) is 8.82. The summed E-state index contributed by atoms with van der Waals surface area (Å²) in [6, 6.07) is 8.61. The van der Waals surface area contributed by atoms with Gasteiger partial charge in [0.05, 0.1) is 23.0 Å². The molecule has 1 unspecified atom stereocenters. The van der Waals surface area contributed by atoms with Crippen LogP contribution in [0.3, 0.4) is 0 Å². The number of hydrogen-bond donors (Lipinski definition) is 1. The average Bonchev–Trinajstić information content (AvgIpc) is 2.67. The minimum Gasteiger partial charge on any atom is -0.490 e. The summed E-state index contributed by atoms with van der Waals surface area (Å²) in [6.07, 6.45) is 0. The zero-order valence-corrected chi connectivity index (χ0v) is 16.5. The van der Waals surface area contributed by atoms with Crippen molar-refractivity contribution in [2.24, 2.45) is 0 Å². The zero-order valence-electron chi connectivity index (χ0n) is 14.9. The van der Waals surface area contributed by atoms with E-state index in [-0.39, 0.29) is 35.3 Å². The fourth-order valence-corrected chi connectivity index (χ4v) is 4.71. The minimum absolute atomic E-state index is 0. The van der Waals surface area contributed by atoms with Crippen LogP contribution in [-0.2, 0) is 10.0 Å². The molecular weight excluding hydrogens is 413 g/mol. The van der Waals surface area contributed by atoms with Crippen LogP contribution in [0.5, 0.6) is 5.75 Å². The first kappa shape index (κ1) is 22.0. The number of sulfonamides is 1. The summed E-state index contributed by atoms with van der Waals surface area (Å²) in [7, 11) is -2.74. The minimum atomic E-state index is -3.98. The number of nitro groups is 1. The topological polar surface area (TPSA) is 102 Å². The van der Waals surface area contributed by atoms with E-state index in [0.717, 1.165) is 12.1 Å². The van der Waals surface area contributed by atoms with Crippen molar-refractivity contribution in [2.75, 3.05) is 26.7 Å². The number of benzene rings is 2. The molecule has 0 saturated carbocycles. The largest absolute Gasteiger partial charge is 0.490 e. The number of rotatable bonds is 5. The van der Waals surface area contributed by atoms with Gasteiger partial charge < -0.3 is 10.1 Å². The van der Waals surface area contributed by atoms with Crippen LogP contribution in [0.1, 0.15) is 11.6 Å². The second-order valence-electron chi connectivity index (χ2n) is 5.98. The first-order valence-electron chi connectivity index (χ1n) is 8.15. The molecule has 1 aliphatic rings. The van der Waals surface area contributed by atoms with Crippen LogP contribution >= 0.6 is 12.4 Å². The third-order valence-electron chi connectivity index (χ3n) is 4.38. The predicted octanol–water partition coefficient (Wildman–Crippen LogP) is 2.50. The molecule has 0 amide bonds. The molecular formula is C17H19ClFN3O5S. The number of methoxy groups -OCH3 is 1. The highest BCUT2D eigenvalue weighted by Crippen LogP contribution is 2.34. The van der Waals surface area contributed by atoms with Gasteiger partial charge in [-0.2, -0.15) is 4.31 Å². The van der Waals surface area contributed by atoms with Crippen LogP contribution in [0.4, 0.5) is 10.1 Å². The molecule has 152 valence electrons. The number of nitrogens with one attached hydrogen (secondary N) is 1. The molecule has 8 nitrogen and oxygen atoms in total. The summed E-state index contributed by atoms with van der Waals surface area (Å²) in [6.45, 7) is 0.949. The van der Waals surface area contributed by atoms with Gasteiger partial charge in [-0.05, 0) is 23.8 Å². The van der Waals surface area contributed by atoms with Crippen molar-refractivity contribution >= 4 is 28.1 Å². The molecule has 0 aromatic heterocycles. The molecule has 1 heterocycles. The zero-order chi connectivity index (χ0) is 19.6. The van der Waals surface area contributed by atoms with Crippen LogP contribution in [0, 0.1) is 15.9 Å². The lowest BCUT2D eigenvalue weighted by molar-refractivity contribution is -0.385. The highest BCUT2D eigenvalue weighted by atomic mass is 35.5. The van der Waals surface area contributed by atoms with Gasteiger partial charge in [0.1, 0.15) is 5.82 Å². The smallest absolute Gasteiger partial charge is 0.310 e. The molecule has 1 fully saturated rings. The Balaban J connectivity index is 0.00000280. The summed E-state index contributed by atoms with van der Waals surface area (Å²) in [5.74, 6) is -0.592. The molecule has 3 rings (SSSR count). The Hall–Kier alpha value is -2.27. The summed E-state index contributed by atoms with van der Waals surface area (Å²) in [5.41, 5.74) is 0.207. The maximum atomic E-state index is 13.6. The Morgan fingerprint density at radius 1 is 1.29 bits per heavy atom. The number of piperazine rings is 1. The summed E-state index contributed by atoms with van der Waals surface area (Å²) >= 11 is 0. The molecule has 28 heavy (non-hydrogen) atoms. The lowest BCUT2D eigenvalue weighted by atomic mass is 10.1. The molecule has 0 bridgehead atoms. The van der Waals surface area contributed by atoms with Crippen molar-refractivity contribution in [3.8, 4) is 5.75 Å². The lowest BCUT2D eigenvalue weighted by Crippen LogP contribution is -2.48. The first-order chi connectivity index (χ1) is 12.8. The first-order valence-corrected chi connectivity index (χ1v) is 9.59. The van der Waals surface area contributed by atoms with Gasteiger partial charge in [-0.1, -0.05) is 12.1 Å².